The minimum absolute atomic E-state index is 0.221. The Hall–Kier alpha value is -1.89. The largest absolute Gasteiger partial charge is 0.495 e. The number of piperazine rings is 1. The molecule has 5 nitrogen and oxygen atoms in total. The van der Waals surface area contributed by atoms with E-state index in [0.29, 0.717) is 26.2 Å². The topological polar surface area (TPSA) is 44.8 Å². The second kappa shape index (κ2) is 6.31. The van der Waals surface area contributed by atoms with Gasteiger partial charge in [-0.2, -0.15) is 0 Å². The quantitative estimate of drug-likeness (QED) is 0.911. The van der Waals surface area contributed by atoms with Crippen molar-refractivity contribution in [2.24, 2.45) is 0 Å². The van der Waals surface area contributed by atoms with Gasteiger partial charge in [0.15, 0.2) is 0 Å². The molecule has 0 spiro atoms. The second-order valence-electron chi connectivity index (χ2n) is 5.98. The highest BCUT2D eigenvalue weighted by Crippen LogP contribution is 2.29. The number of benzene rings is 1. The van der Waals surface area contributed by atoms with E-state index in [0.717, 1.165) is 11.4 Å². The Labute approximate surface area is 134 Å². The lowest BCUT2D eigenvalue weighted by Crippen LogP contribution is -2.53. The molecule has 1 atom stereocenters. The van der Waals surface area contributed by atoms with Gasteiger partial charge in [0.1, 0.15) is 5.75 Å². The predicted molar refractivity (Wildman–Crippen MR) is 83.1 cm³/mol. The van der Waals surface area contributed by atoms with Crippen LogP contribution in [0.15, 0.2) is 24.3 Å². The highest BCUT2D eigenvalue weighted by atomic mass is 19.3. The first kappa shape index (κ1) is 16.0. The van der Waals surface area contributed by atoms with Crippen LogP contribution in [0.5, 0.6) is 5.75 Å². The van der Waals surface area contributed by atoms with Gasteiger partial charge in [-0.15, -0.1) is 0 Å². The zero-order valence-electron chi connectivity index (χ0n) is 13.1. The van der Waals surface area contributed by atoms with E-state index in [9.17, 15) is 13.6 Å². The van der Waals surface area contributed by atoms with Crippen LogP contribution in [-0.4, -0.2) is 62.6 Å². The second-order valence-corrected chi connectivity index (χ2v) is 5.98. The Balaban J connectivity index is 1.59. The van der Waals surface area contributed by atoms with Gasteiger partial charge < -0.3 is 14.5 Å². The van der Waals surface area contributed by atoms with E-state index in [1.54, 1.807) is 12.0 Å². The van der Waals surface area contributed by atoms with Crippen LogP contribution in [0.2, 0.25) is 0 Å². The van der Waals surface area contributed by atoms with Gasteiger partial charge in [-0.1, -0.05) is 12.1 Å². The Bertz CT molecular complexity index is 574. The lowest BCUT2D eigenvalue weighted by molar-refractivity contribution is -0.134. The molecule has 2 aliphatic rings. The van der Waals surface area contributed by atoms with Crippen LogP contribution in [0.4, 0.5) is 14.5 Å². The number of rotatable bonds is 3. The van der Waals surface area contributed by atoms with Gasteiger partial charge in [0, 0.05) is 32.6 Å². The molecular weight excluding hydrogens is 304 g/mol. The minimum Gasteiger partial charge on any atom is -0.495 e. The molecule has 23 heavy (non-hydrogen) atoms. The van der Waals surface area contributed by atoms with Crippen molar-refractivity contribution in [3.8, 4) is 5.75 Å². The number of carbonyl (C=O) groups is 1. The van der Waals surface area contributed by atoms with E-state index in [4.69, 9.17) is 4.74 Å². The summed E-state index contributed by atoms with van der Waals surface area (Å²) in [4.78, 5) is 16.2. The van der Waals surface area contributed by atoms with Crippen LogP contribution in [0.3, 0.4) is 0 Å². The molecule has 2 saturated heterocycles. The first-order valence-corrected chi connectivity index (χ1v) is 7.78. The number of anilines is 1. The Morgan fingerprint density at radius 2 is 1.96 bits per heavy atom. The van der Waals surface area contributed by atoms with E-state index in [1.165, 1.54) is 0 Å². The van der Waals surface area contributed by atoms with E-state index >= 15 is 0 Å². The number of amides is 1. The van der Waals surface area contributed by atoms with Gasteiger partial charge in [0.25, 0.3) is 5.92 Å². The average Bonchev–Trinajstić information content (AvgIpc) is 2.94. The molecule has 0 saturated carbocycles. The van der Waals surface area contributed by atoms with Crippen molar-refractivity contribution in [2.45, 2.75) is 18.4 Å². The van der Waals surface area contributed by atoms with Crippen LogP contribution >= 0.6 is 0 Å². The van der Waals surface area contributed by atoms with Crippen molar-refractivity contribution in [1.82, 2.24) is 10.2 Å². The van der Waals surface area contributed by atoms with Gasteiger partial charge in [0.05, 0.1) is 25.4 Å². The molecule has 0 aliphatic carbocycles. The summed E-state index contributed by atoms with van der Waals surface area (Å²) in [5.41, 5.74) is 0.993. The van der Waals surface area contributed by atoms with Crippen molar-refractivity contribution < 1.29 is 18.3 Å². The summed E-state index contributed by atoms with van der Waals surface area (Å²) in [6.07, 6.45) is -0.404. The zero-order chi connectivity index (χ0) is 16.4. The summed E-state index contributed by atoms with van der Waals surface area (Å²) in [6.45, 7) is 1.97. The summed E-state index contributed by atoms with van der Waals surface area (Å²) >= 11 is 0. The fourth-order valence-corrected chi connectivity index (χ4v) is 3.17. The number of halogens is 2. The molecule has 1 unspecified atom stereocenters. The monoisotopic (exact) mass is 325 g/mol. The molecule has 1 amide bonds. The molecule has 2 aliphatic heterocycles. The molecule has 7 heteroatoms. The van der Waals surface area contributed by atoms with Gasteiger partial charge in [0.2, 0.25) is 5.91 Å². The third kappa shape index (κ3) is 3.39. The lowest BCUT2D eigenvalue weighted by Gasteiger charge is -2.37. The summed E-state index contributed by atoms with van der Waals surface area (Å²) in [5, 5.41) is 2.63. The number of nitrogens with zero attached hydrogens (tertiary/aromatic N) is 2. The predicted octanol–water partition coefficient (Wildman–Crippen LogP) is 1.34. The maximum Gasteiger partial charge on any atom is 0.262 e. The van der Waals surface area contributed by atoms with Crippen molar-refractivity contribution in [2.75, 3.05) is 44.7 Å². The molecule has 126 valence electrons. The fourth-order valence-electron chi connectivity index (χ4n) is 3.17. The number of hydrogen-bond donors (Lipinski definition) is 1. The molecule has 1 aromatic carbocycles. The van der Waals surface area contributed by atoms with Gasteiger partial charge in [-0.3, -0.25) is 10.1 Å². The minimum atomic E-state index is -2.78. The number of ether oxygens (including phenoxy) is 1. The van der Waals surface area contributed by atoms with Gasteiger partial charge in [-0.05, 0) is 12.1 Å². The smallest absolute Gasteiger partial charge is 0.262 e. The standard InChI is InChI=1S/C16H21F2N3O2/c1-23-14-5-3-2-4-13(14)20-6-8-21(9-7-20)15(22)12-10-16(17,18)11-19-12/h2-5,12,19H,6-11H2,1H3. The van der Waals surface area contributed by atoms with Crippen LogP contribution in [0.1, 0.15) is 6.42 Å². The van der Waals surface area contributed by atoms with Crippen LogP contribution in [0.25, 0.3) is 0 Å². The number of alkyl halides is 2. The number of carbonyl (C=O) groups excluding carboxylic acids is 1. The van der Waals surface area contributed by atoms with Gasteiger partial charge in [-0.25, -0.2) is 8.78 Å². The van der Waals surface area contributed by atoms with Crippen molar-refractivity contribution in [3.05, 3.63) is 24.3 Å². The Morgan fingerprint density at radius 3 is 2.57 bits per heavy atom. The maximum atomic E-state index is 13.2. The molecule has 1 N–H and O–H groups in total. The normalized spacial score (nSPS) is 23.9. The van der Waals surface area contributed by atoms with Crippen molar-refractivity contribution in [1.29, 1.82) is 0 Å². The van der Waals surface area contributed by atoms with Crippen molar-refractivity contribution >= 4 is 11.6 Å². The zero-order valence-corrected chi connectivity index (χ0v) is 13.1. The first-order chi connectivity index (χ1) is 11.0. The third-order valence-corrected chi connectivity index (χ3v) is 4.43. The van der Waals surface area contributed by atoms with Crippen LogP contribution in [0, 0.1) is 0 Å². The molecule has 0 radical (unpaired) electrons. The number of hydrogen-bond acceptors (Lipinski definition) is 4. The van der Waals surface area contributed by atoms with E-state index in [2.05, 4.69) is 10.2 Å². The Kier molecular flexibility index (Phi) is 4.39. The van der Waals surface area contributed by atoms with E-state index in [1.807, 2.05) is 24.3 Å². The van der Waals surface area contributed by atoms with Crippen LogP contribution < -0.4 is 15.0 Å². The highest BCUT2D eigenvalue weighted by molar-refractivity contribution is 5.82. The maximum absolute atomic E-state index is 13.2. The third-order valence-electron chi connectivity index (χ3n) is 4.43. The van der Waals surface area contributed by atoms with Crippen molar-refractivity contribution in [3.63, 3.8) is 0 Å². The SMILES string of the molecule is COc1ccccc1N1CCN(C(=O)C2CC(F)(F)CN2)CC1. The molecule has 2 heterocycles. The molecule has 2 fully saturated rings. The highest BCUT2D eigenvalue weighted by Gasteiger charge is 2.43. The van der Waals surface area contributed by atoms with E-state index in [-0.39, 0.29) is 5.91 Å². The summed E-state index contributed by atoms with van der Waals surface area (Å²) < 4.78 is 31.8. The molecule has 0 aromatic heterocycles. The summed E-state index contributed by atoms with van der Waals surface area (Å²) in [7, 11) is 1.63. The number of methoxy groups -OCH3 is 1. The molecular formula is C16H21F2N3O2. The molecule has 1 aromatic rings. The molecule has 3 rings (SSSR count). The lowest BCUT2D eigenvalue weighted by atomic mass is 10.1. The van der Waals surface area contributed by atoms with Gasteiger partial charge >= 0.3 is 0 Å². The summed E-state index contributed by atoms with van der Waals surface area (Å²) in [6, 6.07) is 6.98. The molecule has 0 bridgehead atoms. The fraction of sp³-hybridized carbons (Fsp3) is 0.562. The van der Waals surface area contributed by atoms with E-state index < -0.39 is 24.9 Å². The number of para-hydroxylation sites is 2. The summed E-state index contributed by atoms with van der Waals surface area (Å²) in [5.74, 6) is -2.20. The Morgan fingerprint density at radius 1 is 1.26 bits per heavy atom. The average molecular weight is 325 g/mol. The number of nitrogens with one attached hydrogen (secondary N) is 1. The first-order valence-electron chi connectivity index (χ1n) is 7.78. The van der Waals surface area contributed by atoms with Crippen LogP contribution in [-0.2, 0) is 4.79 Å².